The smallest absolute Gasteiger partial charge is 0.242 e. The maximum Gasteiger partial charge on any atom is 0.242 e. The van der Waals surface area contributed by atoms with Gasteiger partial charge in [0.2, 0.25) is 6.43 Å². The van der Waals surface area contributed by atoms with Crippen LogP contribution in [0.2, 0.25) is 0 Å². The van der Waals surface area contributed by atoms with E-state index < -0.39 is 12.3 Å². The first-order chi connectivity index (χ1) is 6.18. The third-order valence-electron chi connectivity index (χ3n) is 3.49. The summed E-state index contributed by atoms with van der Waals surface area (Å²) in [5.41, 5.74) is -0.291. The second-order valence-electron chi connectivity index (χ2n) is 4.23. The van der Waals surface area contributed by atoms with Gasteiger partial charge in [0.15, 0.2) is 0 Å². The topological polar surface area (TPSA) is 23.5 Å². The van der Waals surface area contributed by atoms with E-state index in [0.717, 1.165) is 19.4 Å². The van der Waals surface area contributed by atoms with Crippen LogP contribution in [0, 0.1) is 5.92 Å². The molecule has 2 unspecified atom stereocenters. The van der Waals surface area contributed by atoms with Gasteiger partial charge in [-0.3, -0.25) is 4.90 Å². The number of nitrogens with zero attached hydrogens (tertiary/aromatic N) is 1. The fraction of sp³-hybridized carbons (Fsp3) is 1.00. The molecule has 0 bridgehead atoms. The van der Waals surface area contributed by atoms with Gasteiger partial charge in [-0.05, 0) is 25.8 Å². The molecule has 0 aliphatic carbocycles. The van der Waals surface area contributed by atoms with E-state index in [0.29, 0.717) is 13.0 Å². The molecule has 2 saturated heterocycles. The van der Waals surface area contributed by atoms with Crippen LogP contribution in [0.3, 0.4) is 0 Å². The number of fused-ring (bicyclic) bond motifs is 1. The normalized spacial score (nSPS) is 40.2. The van der Waals surface area contributed by atoms with Gasteiger partial charge < -0.3 is 5.11 Å². The number of aliphatic hydroxyl groups is 1. The van der Waals surface area contributed by atoms with E-state index in [4.69, 9.17) is 0 Å². The Kier molecular flexibility index (Phi) is 2.28. The molecular formula is C9H15F2NO. The summed E-state index contributed by atoms with van der Waals surface area (Å²) in [6.45, 7) is 1.39. The summed E-state index contributed by atoms with van der Waals surface area (Å²) >= 11 is 0. The monoisotopic (exact) mass is 191 g/mol. The molecule has 0 saturated carbocycles. The van der Waals surface area contributed by atoms with Gasteiger partial charge in [-0.15, -0.1) is 0 Å². The first-order valence-corrected chi connectivity index (χ1v) is 4.82. The summed E-state index contributed by atoms with van der Waals surface area (Å²) in [5.74, 6) is -0.521. The van der Waals surface area contributed by atoms with Crippen LogP contribution in [0.15, 0.2) is 0 Å². The molecule has 0 aromatic carbocycles. The number of hydrogen-bond donors (Lipinski definition) is 1. The number of alkyl halides is 2. The molecule has 0 spiro atoms. The Morgan fingerprint density at radius 3 is 2.85 bits per heavy atom. The zero-order valence-electron chi connectivity index (χ0n) is 7.55. The van der Waals surface area contributed by atoms with E-state index in [9.17, 15) is 13.9 Å². The van der Waals surface area contributed by atoms with Gasteiger partial charge in [-0.2, -0.15) is 0 Å². The van der Waals surface area contributed by atoms with Gasteiger partial charge in [0.25, 0.3) is 0 Å². The highest BCUT2D eigenvalue weighted by atomic mass is 19.3. The standard InChI is InChI=1S/C9H15F2NO/c10-8(11)7-4-9(6-13)2-1-3-12(9)5-7/h7-8,13H,1-6H2. The van der Waals surface area contributed by atoms with Gasteiger partial charge in [-0.1, -0.05) is 0 Å². The van der Waals surface area contributed by atoms with E-state index in [1.165, 1.54) is 0 Å². The molecule has 0 aromatic heterocycles. The van der Waals surface area contributed by atoms with Crippen molar-refractivity contribution in [2.24, 2.45) is 5.92 Å². The third kappa shape index (κ3) is 1.36. The van der Waals surface area contributed by atoms with Gasteiger partial charge in [0.1, 0.15) is 0 Å². The Labute approximate surface area is 76.5 Å². The van der Waals surface area contributed by atoms with E-state index in [2.05, 4.69) is 0 Å². The number of hydrogen-bond acceptors (Lipinski definition) is 2. The molecule has 0 aromatic rings. The number of halogens is 2. The molecular weight excluding hydrogens is 176 g/mol. The number of rotatable bonds is 2. The Balaban J connectivity index is 2.09. The predicted molar refractivity (Wildman–Crippen MR) is 44.7 cm³/mol. The summed E-state index contributed by atoms with van der Waals surface area (Å²) < 4.78 is 24.9. The minimum absolute atomic E-state index is 0.0379. The minimum Gasteiger partial charge on any atom is -0.394 e. The average Bonchev–Trinajstić information content (AvgIpc) is 2.58. The molecule has 0 amide bonds. The summed E-state index contributed by atoms with van der Waals surface area (Å²) in [4.78, 5) is 2.05. The lowest BCUT2D eigenvalue weighted by molar-refractivity contribution is 0.0776. The van der Waals surface area contributed by atoms with Crippen molar-refractivity contribution in [3.63, 3.8) is 0 Å². The maximum atomic E-state index is 12.4. The van der Waals surface area contributed by atoms with Crippen molar-refractivity contribution in [2.75, 3.05) is 19.7 Å². The molecule has 2 rings (SSSR count). The molecule has 2 nitrogen and oxygen atoms in total. The summed E-state index contributed by atoms with van der Waals surface area (Å²) in [5, 5.41) is 9.24. The van der Waals surface area contributed by atoms with Crippen LogP contribution in [0.1, 0.15) is 19.3 Å². The van der Waals surface area contributed by atoms with Crippen LogP contribution in [0.25, 0.3) is 0 Å². The van der Waals surface area contributed by atoms with Crippen molar-refractivity contribution >= 4 is 0 Å². The molecule has 2 aliphatic heterocycles. The van der Waals surface area contributed by atoms with E-state index in [-0.39, 0.29) is 12.1 Å². The van der Waals surface area contributed by atoms with Gasteiger partial charge in [-0.25, -0.2) is 8.78 Å². The summed E-state index contributed by atoms with van der Waals surface area (Å²) in [6, 6.07) is 0. The Bertz CT molecular complexity index is 200. The second-order valence-corrected chi connectivity index (χ2v) is 4.23. The molecule has 1 N–H and O–H groups in total. The van der Waals surface area contributed by atoms with Gasteiger partial charge >= 0.3 is 0 Å². The van der Waals surface area contributed by atoms with Crippen LogP contribution in [0.4, 0.5) is 8.78 Å². The van der Waals surface area contributed by atoms with Crippen molar-refractivity contribution in [3.8, 4) is 0 Å². The van der Waals surface area contributed by atoms with Crippen molar-refractivity contribution in [2.45, 2.75) is 31.2 Å². The molecule has 2 aliphatic rings. The first kappa shape index (κ1) is 9.34. The molecule has 0 radical (unpaired) electrons. The van der Waals surface area contributed by atoms with E-state index in [1.807, 2.05) is 4.90 Å². The highest BCUT2D eigenvalue weighted by Crippen LogP contribution is 2.42. The molecule has 2 atom stereocenters. The maximum absolute atomic E-state index is 12.4. The van der Waals surface area contributed by atoms with Crippen molar-refractivity contribution < 1.29 is 13.9 Å². The summed E-state index contributed by atoms with van der Waals surface area (Å²) in [7, 11) is 0. The Morgan fingerprint density at radius 1 is 1.54 bits per heavy atom. The fourth-order valence-corrected chi connectivity index (χ4v) is 2.76. The van der Waals surface area contributed by atoms with Crippen molar-refractivity contribution in [3.05, 3.63) is 0 Å². The SMILES string of the molecule is OCC12CCCN1CC(C(F)F)C2. The largest absolute Gasteiger partial charge is 0.394 e. The van der Waals surface area contributed by atoms with Crippen molar-refractivity contribution in [1.82, 2.24) is 4.90 Å². The summed E-state index contributed by atoms with van der Waals surface area (Å²) in [6.07, 6.45) is 0.166. The van der Waals surface area contributed by atoms with Crippen molar-refractivity contribution in [1.29, 1.82) is 0 Å². The molecule has 13 heavy (non-hydrogen) atoms. The average molecular weight is 191 g/mol. The quantitative estimate of drug-likeness (QED) is 0.706. The van der Waals surface area contributed by atoms with Gasteiger partial charge in [0.05, 0.1) is 6.61 Å². The van der Waals surface area contributed by atoms with Gasteiger partial charge in [0, 0.05) is 18.0 Å². The molecule has 4 heteroatoms. The Hall–Kier alpha value is -0.220. The second kappa shape index (κ2) is 3.17. The lowest BCUT2D eigenvalue weighted by atomic mass is 9.91. The van der Waals surface area contributed by atoms with Crippen LogP contribution >= 0.6 is 0 Å². The highest BCUT2D eigenvalue weighted by molar-refractivity contribution is 5.03. The predicted octanol–water partition coefficient (Wildman–Crippen LogP) is 1.10. The van der Waals surface area contributed by atoms with Crippen LogP contribution in [0.5, 0.6) is 0 Å². The Morgan fingerprint density at radius 2 is 2.31 bits per heavy atom. The lowest BCUT2D eigenvalue weighted by Gasteiger charge is -2.29. The van der Waals surface area contributed by atoms with Crippen LogP contribution < -0.4 is 0 Å². The fourth-order valence-electron chi connectivity index (χ4n) is 2.76. The van der Waals surface area contributed by atoms with Crippen LogP contribution in [-0.2, 0) is 0 Å². The molecule has 76 valence electrons. The number of aliphatic hydroxyl groups excluding tert-OH is 1. The van der Waals surface area contributed by atoms with E-state index in [1.54, 1.807) is 0 Å². The van der Waals surface area contributed by atoms with E-state index >= 15 is 0 Å². The lowest BCUT2D eigenvalue weighted by Crippen LogP contribution is -2.41. The highest BCUT2D eigenvalue weighted by Gasteiger charge is 2.50. The zero-order chi connectivity index (χ0) is 9.47. The molecule has 2 fully saturated rings. The van der Waals surface area contributed by atoms with Crippen LogP contribution in [-0.4, -0.2) is 41.7 Å². The zero-order valence-corrected chi connectivity index (χ0v) is 7.55. The minimum atomic E-state index is -2.23. The molecule has 2 heterocycles. The first-order valence-electron chi connectivity index (χ1n) is 4.82. The third-order valence-corrected chi connectivity index (χ3v) is 3.49.